The molecule has 108 valence electrons. The molecule has 0 atom stereocenters. The fraction of sp³-hybridized carbons (Fsp3) is 0.200. The zero-order valence-corrected chi connectivity index (χ0v) is 11.8. The van der Waals surface area contributed by atoms with E-state index in [4.69, 9.17) is 0 Å². The number of anilines is 1. The van der Waals surface area contributed by atoms with Crippen LogP contribution in [0.5, 0.6) is 0 Å². The summed E-state index contributed by atoms with van der Waals surface area (Å²) in [5, 5.41) is 10.8. The third kappa shape index (κ3) is 3.05. The fourth-order valence-corrected chi connectivity index (χ4v) is 2.29. The van der Waals surface area contributed by atoms with E-state index >= 15 is 0 Å². The summed E-state index contributed by atoms with van der Waals surface area (Å²) in [5.41, 5.74) is 2.31. The Morgan fingerprint density at radius 1 is 1.33 bits per heavy atom. The number of benzene rings is 1. The van der Waals surface area contributed by atoms with E-state index in [2.05, 4.69) is 26.8 Å². The molecule has 2 aromatic heterocycles. The molecule has 0 saturated heterocycles. The first-order valence-corrected chi connectivity index (χ1v) is 6.82. The zero-order chi connectivity index (χ0) is 14.7. The van der Waals surface area contributed by atoms with E-state index in [-0.39, 0.29) is 6.03 Å². The number of fused-ring (bicyclic) bond motifs is 1. The number of carbonyl (C=O) groups is 1. The molecule has 2 amide bonds. The van der Waals surface area contributed by atoms with Crippen LogP contribution < -0.4 is 10.6 Å². The van der Waals surface area contributed by atoms with E-state index in [9.17, 15) is 4.79 Å². The second kappa shape index (κ2) is 5.70. The van der Waals surface area contributed by atoms with Crippen molar-refractivity contribution in [3.8, 4) is 0 Å². The molecule has 2 heterocycles. The lowest BCUT2D eigenvalue weighted by Crippen LogP contribution is -2.30. The number of H-pyrrole nitrogens is 1. The van der Waals surface area contributed by atoms with Gasteiger partial charge in [-0.3, -0.25) is 10.00 Å². The standard InChI is InChI=1S/C15H17N5O/c1-20-9-7-14(19-20)18-15(21)16-8-6-11-10-17-13-5-3-2-4-12(11)13/h2-5,7,9-10,17H,6,8H2,1H3,(H2,16,18,19,21). The SMILES string of the molecule is Cn1ccc(NC(=O)NCCc2c[nH]c3ccccc23)n1. The van der Waals surface area contributed by atoms with Crippen molar-refractivity contribution in [2.75, 3.05) is 11.9 Å². The Kier molecular flexibility index (Phi) is 3.59. The molecule has 0 aliphatic carbocycles. The van der Waals surface area contributed by atoms with Gasteiger partial charge in [-0.15, -0.1) is 0 Å². The molecule has 3 rings (SSSR count). The molecule has 0 spiro atoms. The Hall–Kier alpha value is -2.76. The topological polar surface area (TPSA) is 74.7 Å². The highest BCUT2D eigenvalue weighted by atomic mass is 16.2. The molecule has 0 aliphatic rings. The Balaban J connectivity index is 1.53. The minimum Gasteiger partial charge on any atom is -0.361 e. The van der Waals surface area contributed by atoms with Crippen LogP contribution in [-0.4, -0.2) is 27.3 Å². The van der Waals surface area contributed by atoms with Crippen LogP contribution in [0.15, 0.2) is 42.7 Å². The summed E-state index contributed by atoms with van der Waals surface area (Å²) in [6, 6.07) is 9.64. The predicted molar refractivity (Wildman–Crippen MR) is 82.2 cm³/mol. The smallest absolute Gasteiger partial charge is 0.320 e. The molecule has 1 aromatic carbocycles. The maximum absolute atomic E-state index is 11.7. The van der Waals surface area contributed by atoms with Crippen molar-refractivity contribution in [1.82, 2.24) is 20.1 Å². The lowest BCUT2D eigenvalue weighted by atomic mass is 10.1. The quantitative estimate of drug-likeness (QED) is 0.687. The maximum Gasteiger partial charge on any atom is 0.320 e. The Bertz CT molecular complexity index is 758. The second-order valence-corrected chi connectivity index (χ2v) is 4.87. The summed E-state index contributed by atoms with van der Waals surface area (Å²) < 4.78 is 1.64. The van der Waals surface area contributed by atoms with Gasteiger partial charge in [0.05, 0.1) is 0 Å². The van der Waals surface area contributed by atoms with Gasteiger partial charge in [-0.2, -0.15) is 5.10 Å². The number of amides is 2. The van der Waals surface area contributed by atoms with E-state index in [1.165, 1.54) is 10.9 Å². The van der Waals surface area contributed by atoms with Crippen LogP contribution in [0.3, 0.4) is 0 Å². The van der Waals surface area contributed by atoms with Crippen molar-refractivity contribution in [2.24, 2.45) is 7.05 Å². The zero-order valence-electron chi connectivity index (χ0n) is 11.8. The number of aromatic amines is 1. The minimum absolute atomic E-state index is 0.242. The first kappa shape index (κ1) is 13.2. The van der Waals surface area contributed by atoms with Crippen molar-refractivity contribution >= 4 is 22.8 Å². The van der Waals surface area contributed by atoms with Gasteiger partial charge in [0.1, 0.15) is 0 Å². The molecule has 0 radical (unpaired) electrons. The number of aryl methyl sites for hydroxylation is 1. The third-order valence-corrected chi connectivity index (χ3v) is 3.31. The van der Waals surface area contributed by atoms with E-state index in [0.29, 0.717) is 12.4 Å². The molecule has 0 saturated carbocycles. The first-order chi connectivity index (χ1) is 10.2. The number of urea groups is 1. The van der Waals surface area contributed by atoms with Gasteiger partial charge < -0.3 is 10.3 Å². The maximum atomic E-state index is 11.7. The molecule has 6 nitrogen and oxygen atoms in total. The van der Waals surface area contributed by atoms with Crippen molar-refractivity contribution in [2.45, 2.75) is 6.42 Å². The lowest BCUT2D eigenvalue weighted by Gasteiger charge is -2.05. The summed E-state index contributed by atoms with van der Waals surface area (Å²) in [4.78, 5) is 15.0. The highest BCUT2D eigenvalue weighted by Gasteiger charge is 2.05. The molecule has 0 bridgehead atoms. The first-order valence-electron chi connectivity index (χ1n) is 6.82. The lowest BCUT2D eigenvalue weighted by molar-refractivity contribution is 0.252. The van der Waals surface area contributed by atoms with Gasteiger partial charge in [-0.25, -0.2) is 4.79 Å². The van der Waals surface area contributed by atoms with Crippen molar-refractivity contribution in [1.29, 1.82) is 0 Å². The monoisotopic (exact) mass is 283 g/mol. The highest BCUT2D eigenvalue weighted by Crippen LogP contribution is 2.17. The normalized spacial score (nSPS) is 10.7. The largest absolute Gasteiger partial charge is 0.361 e. The molecule has 0 unspecified atom stereocenters. The van der Waals surface area contributed by atoms with Gasteiger partial charge in [-0.05, 0) is 18.1 Å². The number of para-hydroxylation sites is 1. The number of carbonyl (C=O) groups excluding carboxylic acids is 1. The summed E-state index contributed by atoms with van der Waals surface area (Å²) in [6.07, 6.45) is 4.55. The van der Waals surface area contributed by atoms with Gasteiger partial charge in [0.25, 0.3) is 0 Å². The van der Waals surface area contributed by atoms with Crippen LogP contribution >= 0.6 is 0 Å². The van der Waals surface area contributed by atoms with Crippen LogP contribution in [-0.2, 0) is 13.5 Å². The molecule has 6 heteroatoms. The number of nitrogens with zero attached hydrogens (tertiary/aromatic N) is 2. The number of rotatable bonds is 4. The molecular formula is C15H17N5O. The number of hydrogen-bond acceptors (Lipinski definition) is 2. The van der Waals surface area contributed by atoms with Crippen molar-refractivity contribution < 1.29 is 4.79 Å². The molecule has 3 N–H and O–H groups in total. The predicted octanol–water partition coefficient (Wildman–Crippen LogP) is 2.27. The fourth-order valence-electron chi connectivity index (χ4n) is 2.29. The second-order valence-electron chi connectivity index (χ2n) is 4.87. The van der Waals surface area contributed by atoms with Crippen LogP contribution in [0.1, 0.15) is 5.56 Å². The third-order valence-electron chi connectivity index (χ3n) is 3.31. The van der Waals surface area contributed by atoms with Crippen LogP contribution in [0.25, 0.3) is 10.9 Å². The summed E-state index contributed by atoms with van der Waals surface area (Å²) in [5.74, 6) is 0.544. The Morgan fingerprint density at radius 3 is 3.00 bits per heavy atom. The van der Waals surface area contributed by atoms with Crippen molar-refractivity contribution in [3.63, 3.8) is 0 Å². The molecule has 3 aromatic rings. The van der Waals surface area contributed by atoms with Crippen LogP contribution in [0.4, 0.5) is 10.6 Å². The van der Waals surface area contributed by atoms with Crippen LogP contribution in [0.2, 0.25) is 0 Å². The van der Waals surface area contributed by atoms with Gasteiger partial charge in [0.15, 0.2) is 5.82 Å². The number of nitrogens with one attached hydrogen (secondary N) is 3. The molecule has 0 fully saturated rings. The summed E-state index contributed by atoms with van der Waals surface area (Å²) in [6.45, 7) is 0.570. The van der Waals surface area contributed by atoms with Gasteiger partial charge in [0, 0.05) is 43.0 Å². The average Bonchev–Trinajstić information content (AvgIpc) is 3.06. The van der Waals surface area contributed by atoms with E-state index in [1.54, 1.807) is 24.0 Å². The van der Waals surface area contributed by atoms with E-state index in [1.807, 2.05) is 24.4 Å². The Morgan fingerprint density at radius 2 is 2.19 bits per heavy atom. The highest BCUT2D eigenvalue weighted by molar-refractivity contribution is 5.88. The van der Waals surface area contributed by atoms with Gasteiger partial charge >= 0.3 is 6.03 Å². The Labute approximate surface area is 122 Å². The van der Waals surface area contributed by atoms with Crippen LogP contribution in [0, 0.1) is 0 Å². The van der Waals surface area contributed by atoms with Gasteiger partial charge in [-0.1, -0.05) is 18.2 Å². The number of hydrogen-bond donors (Lipinski definition) is 3. The van der Waals surface area contributed by atoms with Gasteiger partial charge in [0.2, 0.25) is 0 Å². The number of aromatic nitrogens is 3. The average molecular weight is 283 g/mol. The summed E-state index contributed by atoms with van der Waals surface area (Å²) >= 11 is 0. The molecule has 21 heavy (non-hydrogen) atoms. The summed E-state index contributed by atoms with van der Waals surface area (Å²) in [7, 11) is 1.81. The van der Waals surface area contributed by atoms with Crippen molar-refractivity contribution in [3.05, 3.63) is 48.3 Å². The molecular weight excluding hydrogens is 266 g/mol. The minimum atomic E-state index is -0.242. The molecule has 0 aliphatic heterocycles. The van der Waals surface area contributed by atoms with E-state index in [0.717, 1.165) is 11.9 Å². The van der Waals surface area contributed by atoms with E-state index < -0.39 is 0 Å².